The normalized spacial score (nSPS) is 11.9. The van der Waals surface area contributed by atoms with Gasteiger partial charge in [0.2, 0.25) is 5.91 Å². The molecule has 0 aliphatic rings. The first-order chi connectivity index (χ1) is 7.90. The molecule has 0 radical (unpaired) electrons. The van der Waals surface area contributed by atoms with Gasteiger partial charge in [-0.2, -0.15) is 0 Å². The Hall–Kier alpha value is -0.840. The molecule has 0 aliphatic carbocycles. The molecule has 0 saturated heterocycles. The van der Waals surface area contributed by atoms with Gasteiger partial charge >= 0.3 is 0 Å². The maximum Gasteiger partial charge on any atom is 0.227 e. The molecule has 0 saturated carbocycles. The third-order valence-electron chi connectivity index (χ3n) is 2.14. The number of hydrogen-bond donors (Lipinski definition) is 2. The van der Waals surface area contributed by atoms with E-state index < -0.39 is 0 Å². The number of carbonyl (C=O) groups excluding carboxylic acids is 1. The average molecular weight is 291 g/mol. The van der Waals surface area contributed by atoms with Gasteiger partial charge in [-0.05, 0) is 24.6 Å². The Balaban J connectivity index is 2.73. The molecule has 0 fully saturated rings. The van der Waals surface area contributed by atoms with Crippen LogP contribution < -0.4 is 11.1 Å². The van der Waals surface area contributed by atoms with Crippen molar-refractivity contribution in [2.75, 3.05) is 0 Å². The Kier molecular flexibility index (Phi) is 5.18. The van der Waals surface area contributed by atoms with E-state index in [1.165, 1.54) is 0 Å². The Bertz CT molecular complexity index is 451. The van der Waals surface area contributed by atoms with E-state index in [2.05, 4.69) is 17.5 Å². The number of nitrogens with two attached hydrogens (primary N) is 1. The molecule has 92 valence electrons. The number of halogens is 2. The van der Waals surface area contributed by atoms with Crippen molar-refractivity contribution in [3.63, 3.8) is 0 Å². The molecule has 1 aromatic carbocycles. The van der Waals surface area contributed by atoms with Crippen molar-refractivity contribution in [1.82, 2.24) is 5.32 Å². The number of benzene rings is 1. The van der Waals surface area contributed by atoms with Crippen molar-refractivity contribution in [1.29, 1.82) is 0 Å². The summed E-state index contributed by atoms with van der Waals surface area (Å²) < 4.78 is 0. The van der Waals surface area contributed by atoms with Gasteiger partial charge in [0.25, 0.3) is 0 Å². The largest absolute Gasteiger partial charge is 0.393 e. The van der Waals surface area contributed by atoms with Gasteiger partial charge in [-0.15, -0.1) is 0 Å². The van der Waals surface area contributed by atoms with Crippen LogP contribution in [0.15, 0.2) is 18.2 Å². The SMILES string of the molecule is CC(NC(=O)CC(N)=S)c1ccc(Cl)cc1Cl. The van der Waals surface area contributed by atoms with E-state index in [4.69, 9.17) is 28.9 Å². The van der Waals surface area contributed by atoms with E-state index in [1.54, 1.807) is 18.2 Å². The molecule has 0 aliphatic heterocycles. The fourth-order valence-electron chi connectivity index (χ4n) is 1.38. The highest BCUT2D eigenvalue weighted by Gasteiger charge is 2.13. The van der Waals surface area contributed by atoms with Crippen LogP contribution in [0.25, 0.3) is 0 Å². The number of nitrogens with one attached hydrogen (secondary N) is 1. The first-order valence-electron chi connectivity index (χ1n) is 4.92. The number of carbonyl (C=O) groups is 1. The second-order valence-corrected chi connectivity index (χ2v) is 4.97. The smallest absolute Gasteiger partial charge is 0.227 e. The summed E-state index contributed by atoms with van der Waals surface area (Å²) in [6.07, 6.45) is 0.0326. The van der Waals surface area contributed by atoms with Crippen LogP contribution in [-0.2, 0) is 4.79 Å². The van der Waals surface area contributed by atoms with Gasteiger partial charge in [-0.25, -0.2) is 0 Å². The summed E-state index contributed by atoms with van der Waals surface area (Å²) in [7, 11) is 0. The lowest BCUT2D eigenvalue weighted by Crippen LogP contribution is -2.30. The summed E-state index contributed by atoms with van der Waals surface area (Å²) in [5, 5.41) is 3.82. The van der Waals surface area contributed by atoms with Crippen LogP contribution in [0.5, 0.6) is 0 Å². The first-order valence-corrected chi connectivity index (χ1v) is 6.09. The molecule has 1 unspecified atom stereocenters. The van der Waals surface area contributed by atoms with Crippen LogP contribution in [0.4, 0.5) is 0 Å². The minimum atomic E-state index is -0.226. The van der Waals surface area contributed by atoms with Crippen molar-refractivity contribution in [3.8, 4) is 0 Å². The molecule has 3 nitrogen and oxygen atoms in total. The van der Waals surface area contributed by atoms with Crippen molar-refractivity contribution in [2.24, 2.45) is 5.73 Å². The number of rotatable bonds is 4. The van der Waals surface area contributed by atoms with Crippen LogP contribution in [0.1, 0.15) is 24.9 Å². The minimum absolute atomic E-state index is 0.0326. The molecule has 0 spiro atoms. The lowest BCUT2D eigenvalue weighted by atomic mass is 10.1. The predicted octanol–water partition coefficient (Wildman–Crippen LogP) is 2.85. The van der Waals surface area contributed by atoms with Gasteiger partial charge in [0, 0.05) is 10.0 Å². The molecule has 1 atom stereocenters. The summed E-state index contributed by atoms with van der Waals surface area (Å²) in [5.41, 5.74) is 6.08. The number of amides is 1. The second-order valence-electron chi connectivity index (χ2n) is 3.60. The van der Waals surface area contributed by atoms with Gasteiger partial charge in [0.05, 0.1) is 17.5 Å². The lowest BCUT2D eigenvalue weighted by Gasteiger charge is -2.15. The topological polar surface area (TPSA) is 55.1 Å². The van der Waals surface area contributed by atoms with Crippen LogP contribution in [0.2, 0.25) is 10.0 Å². The van der Waals surface area contributed by atoms with Gasteiger partial charge in [0.15, 0.2) is 0 Å². The summed E-state index contributed by atoms with van der Waals surface area (Å²) >= 11 is 16.5. The maximum absolute atomic E-state index is 11.5. The van der Waals surface area contributed by atoms with Gasteiger partial charge in [-0.3, -0.25) is 4.79 Å². The molecule has 0 bridgehead atoms. The lowest BCUT2D eigenvalue weighted by molar-refractivity contribution is -0.120. The van der Waals surface area contributed by atoms with E-state index in [1.807, 2.05) is 6.92 Å². The number of hydrogen-bond acceptors (Lipinski definition) is 2. The van der Waals surface area contributed by atoms with E-state index in [0.29, 0.717) is 10.0 Å². The Labute approximate surface area is 115 Å². The zero-order valence-electron chi connectivity index (χ0n) is 9.17. The van der Waals surface area contributed by atoms with Gasteiger partial charge in [0.1, 0.15) is 0 Å². The fourth-order valence-corrected chi connectivity index (χ4v) is 2.08. The van der Waals surface area contributed by atoms with Gasteiger partial charge in [-0.1, -0.05) is 41.5 Å². The Morgan fingerprint density at radius 3 is 2.71 bits per heavy atom. The highest BCUT2D eigenvalue weighted by atomic mass is 35.5. The molecule has 1 rings (SSSR count). The minimum Gasteiger partial charge on any atom is -0.393 e. The zero-order chi connectivity index (χ0) is 13.0. The molecule has 1 amide bonds. The monoisotopic (exact) mass is 290 g/mol. The summed E-state index contributed by atoms with van der Waals surface area (Å²) in [4.78, 5) is 11.6. The van der Waals surface area contributed by atoms with Crippen molar-refractivity contribution < 1.29 is 4.79 Å². The van der Waals surface area contributed by atoms with E-state index in [0.717, 1.165) is 5.56 Å². The summed E-state index contributed by atoms with van der Waals surface area (Å²) in [6, 6.07) is 4.91. The van der Waals surface area contributed by atoms with Crippen molar-refractivity contribution in [2.45, 2.75) is 19.4 Å². The second kappa shape index (κ2) is 6.19. The predicted molar refractivity (Wildman–Crippen MR) is 74.4 cm³/mol. The quantitative estimate of drug-likeness (QED) is 0.839. The van der Waals surface area contributed by atoms with Crippen molar-refractivity contribution >= 4 is 46.3 Å². The number of thiocarbonyl (C=S) groups is 1. The molecule has 0 heterocycles. The average Bonchev–Trinajstić information content (AvgIpc) is 2.15. The Morgan fingerprint density at radius 2 is 2.18 bits per heavy atom. The highest BCUT2D eigenvalue weighted by molar-refractivity contribution is 7.80. The molecule has 0 aromatic heterocycles. The van der Waals surface area contributed by atoms with Crippen LogP contribution in [0, 0.1) is 0 Å². The van der Waals surface area contributed by atoms with Crippen LogP contribution in [0.3, 0.4) is 0 Å². The van der Waals surface area contributed by atoms with E-state index in [-0.39, 0.29) is 23.4 Å². The molecular weight excluding hydrogens is 279 g/mol. The third-order valence-corrected chi connectivity index (χ3v) is 2.85. The molecular formula is C11H12Cl2N2OS. The van der Waals surface area contributed by atoms with Crippen LogP contribution in [-0.4, -0.2) is 10.9 Å². The fraction of sp³-hybridized carbons (Fsp3) is 0.273. The molecule has 6 heteroatoms. The highest BCUT2D eigenvalue weighted by Crippen LogP contribution is 2.25. The third kappa shape index (κ3) is 4.50. The molecule has 3 N–H and O–H groups in total. The van der Waals surface area contributed by atoms with E-state index >= 15 is 0 Å². The molecule has 1 aromatic rings. The first kappa shape index (κ1) is 14.2. The summed E-state index contributed by atoms with van der Waals surface area (Å²) in [5.74, 6) is -0.226. The Morgan fingerprint density at radius 1 is 1.53 bits per heavy atom. The summed E-state index contributed by atoms with van der Waals surface area (Å²) in [6.45, 7) is 1.83. The maximum atomic E-state index is 11.5. The standard InChI is InChI=1S/C11H12Cl2N2OS/c1-6(15-11(16)5-10(14)17)8-3-2-7(12)4-9(8)13/h2-4,6H,5H2,1H3,(H2,14,17)(H,15,16). The molecule has 17 heavy (non-hydrogen) atoms. The van der Waals surface area contributed by atoms with E-state index in [9.17, 15) is 4.79 Å². The van der Waals surface area contributed by atoms with Crippen LogP contribution >= 0.6 is 35.4 Å². The van der Waals surface area contributed by atoms with Gasteiger partial charge < -0.3 is 11.1 Å². The zero-order valence-corrected chi connectivity index (χ0v) is 11.5. The van der Waals surface area contributed by atoms with Crippen molar-refractivity contribution in [3.05, 3.63) is 33.8 Å².